The van der Waals surface area contributed by atoms with Gasteiger partial charge < -0.3 is 9.64 Å². The van der Waals surface area contributed by atoms with Crippen LogP contribution in [-0.2, 0) is 16.0 Å². The Hall–Kier alpha value is -1.39. The van der Waals surface area contributed by atoms with Crippen LogP contribution < -0.4 is 0 Å². The Labute approximate surface area is 129 Å². The van der Waals surface area contributed by atoms with E-state index in [1.165, 1.54) is 22.1 Å². The van der Waals surface area contributed by atoms with Crippen LogP contribution in [0.2, 0.25) is 0 Å². The van der Waals surface area contributed by atoms with Gasteiger partial charge in [0.25, 0.3) is 0 Å². The minimum absolute atomic E-state index is 0.142. The van der Waals surface area contributed by atoms with Crippen LogP contribution in [0.25, 0.3) is 10.1 Å². The average Bonchev–Trinajstić information content (AvgIpc) is 3.00. The fraction of sp³-hybridized carbons (Fsp3) is 0.471. The van der Waals surface area contributed by atoms with E-state index >= 15 is 0 Å². The van der Waals surface area contributed by atoms with Gasteiger partial charge in [-0.15, -0.1) is 11.3 Å². The van der Waals surface area contributed by atoms with E-state index in [-0.39, 0.29) is 12.5 Å². The summed E-state index contributed by atoms with van der Waals surface area (Å²) in [6, 6.07) is 8.65. The van der Waals surface area contributed by atoms with Gasteiger partial charge in [0.05, 0.1) is 6.61 Å². The Balaban J connectivity index is 1.42. The smallest absolute Gasteiger partial charge is 0.248 e. The molecule has 3 nitrogen and oxygen atoms in total. The third-order valence-electron chi connectivity index (χ3n) is 3.99. The molecule has 112 valence electrons. The topological polar surface area (TPSA) is 29.5 Å². The number of carbonyl (C=O) groups excluding carboxylic acids is 1. The second kappa shape index (κ2) is 7.05. The Bertz CT molecular complexity index is 602. The fourth-order valence-electron chi connectivity index (χ4n) is 2.74. The number of hydrogen-bond donors (Lipinski definition) is 0. The SMILES string of the molecule is O=C(COCCc1ccc2ccsc2c1)N1CCCCC1. The van der Waals surface area contributed by atoms with Gasteiger partial charge in [0.15, 0.2) is 0 Å². The number of nitrogens with zero attached hydrogens (tertiary/aromatic N) is 1. The van der Waals surface area contributed by atoms with Crippen LogP contribution in [0.15, 0.2) is 29.6 Å². The van der Waals surface area contributed by atoms with Crippen LogP contribution in [-0.4, -0.2) is 37.1 Å². The monoisotopic (exact) mass is 303 g/mol. The number of rotatable bonds is 5. The van der Waals surface area contributed by atoms with Crippen LogP contribution >= 0.6 is 11.3 Å². The van der Waals surface area contributed by atoms with Gasteiger partial charge in [-0.2, -0.15) is 0 Å². The van der Waals surface area contributed by atoms with E-state index < -0.39 is 0 Å². The van der Waals surface area contributed by atoms with Gasteiger partial charge in [-0.05, 0) is 54.1 Å². The molecule has 1 aromatic heterocycles. The predicted octanol–water partition coefficient (Wildman–Crippen LogP) is 3.47. The zero-order valence-electron chi connectivity index (χ0n) is 12.2. The summed E-state index contributed by atoms with van der Waals surface area (Å²) in [6.45, 7) is 2.63. The molecule has 0 saturated carbocycles. The maximum absolute atomic E-state index is 12.0. The standard InChI is InChI=1S/C17H21NO2S/c19-17(18-8-2-1-3-9-18)13-20-10-6-14-4-5-15-7-11-21-16(15)12-14/h4-5,7,11-12H,1-3,6,8-10,13H2. The highest BCUT2D eigenvalue weighted by Gasteiger charge is 2.15. The fourth-order valence-corrected chi connectivity index (χ4v) is 3.59. The molecule has 0 unspecified atom stereocenters. The maximum Gasteiger partial charge on any atom is 0.248 e. The van der Waals surface area contributed by atoms with Gasteiger partial charge in [-0.1, -0.05) is 12.1 Å². The summed E-state index contributed by atoms with van der Waals surface area (Å²) >= 11 is 1.76. The highest BCUT2D eigenvalue weighted by Crippen LogP contribution is 2.22. The summed E-state index contributed by atoms with van der Waals surface area (Å²) in [4.78, 5) is 13.9. The lowest BCUT2D eigenvalue weighted by atomic mass is 10.1. The molecule has 1 aromatic carbocycles. The quantitative estimate of drug-likeness (QED) is 0.792. The maximum atomic E-state index is 12.0. The first kappa shape index (κ1) is 14.5. The summed E-state index contributed by atoms with van der Waals surface area (Å²) in [7, 11) is 0. The number of amides is 1. The predicted molar refractivity (Wildman–Crippen MR) is 86.8 cm³/mol. The lowest BCUT2D eigenvalue weighted by molar-refractivity contribution is -0.137. The molecule has 1 saturated heterocycles. The van der Waals surface area contributed by atoms with Gasteiger partial charge in [0.1, 0.15) is 6.61 Å². The zero-order valence-corrected chi connectivity index (χ0v) is 13.0. The first-order valence-corrected chi connectivity index (χ1v) is 8.52. The lowest BCUT2D eigenvalue weighted by Crippen LogP contribution is -2.38. The van der Waals surface area contributed by atoms with E-state index in [0.717, 1.165) is 32.4 Å². The molecule has 0 atom stereocenters. The molecule has 1 amide bonds. The number of carbonyl (C=O) groups is 1. The number of benzene rings is 1. The number of hydrogen-bond acceptors (Lipinski definition) is 3. The Morgan fingerprint density at radius 2 is 2.05 bits per heavy atom. The second-order valence-corrected chi connectivity index (χ2v) is 6.48. The van der Waals surface area contributed by atoms with Crippen LogP contribution in [0.4, 0.5) is 0 Å². The van der Waals surface area contributed by atoms with Crippen molar-refractivity contribution in [2.24, 2.45) is 0 Å². The summed E-state index contributed by atoms with van der Waals surface area (Å²) < 4.78 is 6.87. The van der Waals surface area contributed by atoms with Crippen molar-refractivity contribution in [2.45, 2.75) is 25.7 Å². The van der Waals surface area contributed by atoms with E-state index in [9.17, 15) is 4.79 Å². The molecule has 1 aliphatic rings. The molecule has 2 aromatic rings. The van der Waals surface area contributed by atoms with Crippen molar-refractivity contribution in [3.05, 3.63) is 35.2 Å². The van der Waals surface area contributed by atoms with Crippen molar-refractivity contribution in [2.75, 3.05) is 26.3 Å². The molecule has 0 radical (unpaired) electrons. The molecule has 0 N–H and O–H groups in total. The van der Waals surface area contributed by atoms with Gasteiger partial charge in [0.2, 0.25) is 5.91 Å². The molecule has 3 rings (SSSR count). The minimum atomic E-state index is 0.142. The molecule has 4 heteroatoms. The first-order valence-electron chi connectivity index (χ1n) is 7.64. The van der Waals surface area contributed by atoms with E-state index in [4.69, 9.17) is 4.74 Å². The van der Waals surface area contributed by atoms with Crippen molar-refractivity contribution in [3.63, 3.8) is 0 Å². The van der Waals surface area contributed by atoms with Crippen molar-refractivity contribution in [1.82, 2.24) is 4.90 Å². The Kier molecular flexibility index (Phi) is 4.88. The normalized spacial score (nSPS) is 15.5. The van der Waals surface area contributed by atoms with Crippen molar-refractivity contribution in [1.29, 1.82) is 0 Å². The van der Waals surface area contributed by atoms with E-state index in [1.807, 2.05) is 4.90 Å². The summed E-state index contributed by atoms with van der Waals surface area (Å²) in [5.74, 6) is 0.142. The lowest BCUT2D eigenvalue weighted by Gasteiger charge is -2.26. The number of likely N-dealkylation sites (tertiary alicyclic amines) is 1. The molecule has 1 aliphatic heterocycles. The summed E-state index contributed by atoms with van der Waals surface area (Å²) in [6.07, 6.45) is 4.37. The second-order valence-electron chi connectivity index (χ2n) is 5.54. The van der Waals surface area contributed by atoms with Crippen molar-refractivity contribution < 1.29 is 9.53 Å². The number of piperidine rings is 1. The van der Waals surface area contributed by atoms with E-state index in [2.05, 4.69) is 29.6 Å². The molecule has 21 heavy (non-hydrogen) atoms. The molecular formula is C17H21NO2S. The van der Waals surface area contributed by atoms with Crippen LogP contribution in [0, 0.1) is 0 Å². The van der Waals surface area contributed by atoms with E-state index in [1.54, 1.807) is 11.3 Å². The third kappa shape index (κ3) is 3.83. The van der Waals surface area contributed by atoms with Crippen LogP contribution in [0.5, 0.6) is 0 Å². The molecule has 0 aliphatic carbocycles. The largest absolute Gasteiger partial charge is 0.371 e. The highest BCUT2D eigenvalue weighted by molar-refractivity contribution is 7.17. The average molecular weight is 303 g/mol. The number of fused-ring (bicyclic) bond motifs is 1. The van der Waals surface area contributed by atoms with Crippen molar-refractivity contribution in [3.8, 4) is 0 Å². The summed E-state index contributed by atoms with van der Waals surface area (Å²) in [5, 5.41) is 3.41. The molecule has 0 bridgehead atoms. The van der Waals surface area contributed by atoms with Gasteiger partial charge in [-0.25, -0.2) is 0 Å². The molecule has 0 spiro atoms. The van der Waals surface area contributed by atoms with Crippen LogP contribution in [0.3, 0.4) is 0 Å². The van der Waals surface area contributed by atoms with Gasteiger partial charge in [-0.3, -0.25) is 4.79 Å². The highest BCUT2D eigenvalue weighted by atomic mass is 32.1. The molecular weight excluding hydrogens is 282 g/mol. The van der Waals surface area contributed by atoms with Gasteiger partial charge >= 0.3 is 0 Å². The van der Waals surface area contributed by atoms with Gasteiger partial charge in [0, 0.05) is 17.8 Å². The Morgan fingerprint density at radius 1 is 1.19 bits per heavy atom. The zero-order chi connectivity index (χ0) is 14.5. The molecule has 1 fully saturated rings. The summed E-state index contributed by atoms with van der Waals surface area (Å²) in [5.41, 5.74) is 1.27. The number of thiophene rings is 1. The van der Waals surface area contributed by atoms with E-state index in [0.29, 0.717) is 6.61 Å². The number of ether oxygens (including phenoxy) is 1. The van der Waals surface area contributed by atoms with Crippen LogP contribution in [0.1, 0.15) is 24.8 Å². The first-order chi connectivity index (χ1) is 10.3. The Morgan fingerprint density at radius 3 is 2.90 bits per heavy atom. The van der Waals surface area contributed by atoms with Crippen molar-refractivity contribution >= 4 is 27.3 Å². The molecule has 2 heterocycles. The minimum Gasteiger partial charge on any atom is -0.371 e. The third-order valence-corrected chi connectivity index (χ3v) is 4.87.